The van der Waals surface area contributed by atoms with E-state index < -0.39 is 0 Å². The summed E-state index contributed by atoms with van der Waals surface area (Å²) >= 11 is 0. The van der Waals surface area contributed by atoms with Gasteiger partial charge in [-0.15, -0.1) is 0 Å². The molecule has 36 heavy (non-hydrogen) atoms. The number of likely N-dealkylation sites (N-methyl/N-ethyl adjacent to an activating group) is 1. The van der Waals surface area contributed by atoms with E-state index in [9.17, 15) is 4.79 Å². The lowest BCUT2D eigenvalue weighted by molar-refractivity contribution is -0.139. The van der Waals surface area contributed by atoms with Gasteiger partial charge in [0.15, 0.2) is 0 Å². The number of halogens is 2. The van der Waals surface area contributed by atoms with Crippen molar-refractivity contribution >= 4 is 5.97 Å². The van der Waals surface area contributed by atoms with Crippen molar-refractivity contribution in [1.29, 1.82) is 0 Å². The van der Waals surface area contributed by atoms with Crippen LogP contribution in [-0.4, -0.2) is 37.6 Å². The zero-order chi connectivity index (χ0) is 23.5. The Morgan fingerprint density at radius 1 is 0.889 bits per heavy atom. The Morgan fingerprint density at radius 2 is 1.47 bits per heavy atom. The van der Waals surface area contributed by atoms with Crippen LogP contribution >= 0.6 is 0 Å². The highest BCUT2D eigenvalue weighted by atomic mass is 127. The quantitative estimate of drug-likeness (QED) is 0.191. The number of rotatable bonds is 13. The van der Waals surface area contributed by atoms with Crippen molar-refractivity contribution in [3.63, 3.8) is 0 Å². The fraction of sp³-hybridized carbons (Fsp3) is 0.633. The van der Waals surface area contributed by atoms with Crippen LogP contribution in [-0.2, 0) is 9.53 Å². The summed E-state index contributed by atoms with van der Waals surface area (Å²) in [6, 6.07) is 8.32. The second-order valence-corrected chi connectivity index (χ2v) is 9.32. The number of benzene rings is 1. The van der Waals surface area contributed by atoms with Crippen molar-refractivity contribution in [1.82, 2.24) is 10.2 Å². The molecule has 0 aromatic heterocycles. The molecule has 6 heteroatoms. The average Bonchev–Trinajstić information content (AvgIpc) is 2.76. The zero-order valence-electron chi connectivity index (χ0n) is 22.0. The number of dihydropyridines is 1. The van der Waals surface area contributed by atoms with Gasteiger partial charge in [-0.3, -0.25) is 0 Å². The minimum atomic E-state index is -0.209. The van der Waals surface area contributed by atoms with Gasteiger partial charge in [0.1, 0.15) is 6.61 Å². The number of hydrogen-bond donors (Lipinski definition) is 1. The maximum atomic E-state index is 13.2. The molecule has 1 aliphatic heterocycles. The second kappa shape index (κ2) is 21.3. The lowest BCUT2D eigenvalue weighted by atomic mass is 9.79. The number of nitrogens with zero attached hydrogens (tertiary/aromatic N) is 1. The fourth-order valence-corrected chi connectivity index (χ4v) is 4.49. The van der Waals surface area contributed by atoms with E-state index in [4.69, 9.17) is 4.74 Å². The Kier molecular flexibility index (Phi) is 23.6. The third-order valence-corrected chi connectivity index (χ3v) is 6.66. The van der Waals surface area contributed by atoms with Gasteiger partial charge in [-0.05, 0) is 64.4 Å². The number of aryl methyl sites for hydroxylation is 1. The molecule has 0 aliphatic carbocycles. The maximum Gasteiger partial charge on any atom is 0.336 e. The smallest absolute Gasteiger partial charge is 0.336 e. The topological polar surface area (TPSA) is 41.6 Å². The Bertz CT molecular complexity index is 821. The molecular formula is C30H52I2N2O2-2. The molecule has 0 saturated carbocycles. The summed E-state index contributed by atoms with van der Waals surface area (Å²) in [5.74, 6) is -0.269. The third-order valence-electron chi connectivity index (χ3n) is 6.66. The molecule has 210 valence electrons. The highest BCUT2D eigenvalue weighted by Crippen LogP contribution is 2.39. The number of carbonyl (C=O) groups is 1. The van der Waals surface area contributed by atoms with Gasteiger partial charge < -0.3 is 62.9 Å². The SMILES string of the molecule is C.C.CCCCCCCCCN(C)CCOC(=O)C1=C(C)NC(C)=C(C)C1c1ccccc1C.[I-].[I-]. The first kappa shape index (κ1) is 39.9. The van der Waals surface area contributed by atoms with Crippen molar-refractivity contribution < 1.29 is 57.5 Å². The highest BCUT2D eigenvalue weighted by Gasteiger charge is 2.32. The summed E-state index contributed by atoms with van der Waals surface area (Å²) in [5.41, 5.74) is 6.28. The van der Waals surface area contributed by atoms with Crippen LogP contribution in [0.5, 0.6) is 0 Å². The van der Waals surface area contributed by atoms with Crippen LogP contribution in [0.2, 0.25) is 0 Å². The normalized spacial score (nSPS) is 14.7. The van der Waals surface area contributed by atoms with Gasteiger partial charge in [-0.1, -0.05) is 84.6 Å². The summed E-state index contributed by atoms with van der Waals surface area (Å²) < 4.78 is 5.77. The van der Waals surface area contributed by atoms with Crippen LogP contribution in [0, 0.1) is 6.92 Å². The van der Waals surface area contributed by atoms with Crippen LogP contribution in [0.15, 0.2) is 46.8 Å². The molecule has 1 unspecified atom stereocenters. The van der Waals surface area contributed by atoms with E-state index in [1.54, 1.807) is 0 Å². The van der Waals surface area contributed by atoms with Crippen LogP contribution < -0.4 is 53.3 Å². The number of allylic oxidation sites excluding steroid dienone is 3. The third kappa shape index (κ3) is 12.3. The zero-order valence-corrected chi connectivity index (χ0v) is 26.3. The van der Waals surface area contributed by atoms with Crippen molar-refractivity contribution in [3.8, 4) is 0 Å². The first-order chi connectivity index (χ1) is 15.4. The molecule has 0 fully saturated rings. The van der Waals surface area contributed by atoms with E-state index in [2.05, 4.69) is 57.1 Å². The van der Waals surface area contributed by atoms with E-state index in [1.165, 1.54) is 61.6 Å². The van der Waals surface area contributed by atoms with E-state index in [0.717, 1.165) is 30.1 Å². The Labute approximate surface area is 257 Å². The molecule has 0 spiro atoms. The number of hydrogen-bond acceptors (Lipinski definition) is 4. The summed E-state index contributed by atoms with van der Waals surface area (Å²) in [6.07, 6.45) is 9.20. The fourth-order valence-electron chi connectivity index (χ4n) is 4.49. The molecule has 1 aromatic carbocycles. The molecule has 1 atom stereocenters. The first-order valence-corrected chi connectivity index (χ1v) is 12.4. The molecule has 1 aromatic rings. The van der Waals surface area contributed by atoms with E-state index in [-0.39, 0.29) is 74.7 Å². The van der Waals surface area contributed by atoms with Crippen molar-refractivity contribution in [2.24, 2.45) is 0 Å². The molecule has 1 heterocycles. The minimum absolute atomic E-state index is 0. The largest absolute Gasteiger partial charge is 1.00 e. The van der Waals surface area contributed by atoms with Crippen molar-refractivity contribution in [3.05, 3.63) is 57.9 Å². The van der Waals surface area contributed by atoms with Gasteiger partial charge in [-0.25, -0.2) is 4.79 Å². The number of ether oxygens (including phenoxy) is 1. The van der Waals surface area contributed by atoms with Crippen LogP contribution in [0.3, 0.4) is 0 Å². The van der Waals surface area contributed by atoms with Crippen molar-refractivity contribution in [2.75, 3.05) is 26.7 Å². The summed E-state index contributed by atoms with van der Waals surface area (Å²) in [7, 11) is 2.12. The minimum Gasteiger partial charge on any atom is -1.00 e. The lowest BCUT2D eigenvalue weighted by Gasteiger charge is -2.31. The predicted octanol–water partition coefficient (Wildman–Crippen LogP) is 1.76. The van der Waals surface area contributed by atoms with Gasteiger partial charge in [-0.2, -0.15) is 0 Å². The van der Waals surface area contributed by atoms with Crippen LogP contribution in [0.4, 0.5) is 0 Å². The predicted molar refractivity (Wildman–Crippen MR) is 148 cm³/mol. The number of nitrogens with one attached hydrogen (secondary N) is 1. The average molecular weight is 727 g/mol. The maximum absolute atomic E-state index is 13.2. The summed E-state index contributed by atoms with van der Waals surface area (Å²) in [4.78, 5) is 15.4. The van der Waals surface area contributed by atoms with Gasteiger partial charge in [0.05, 0.1) is 5.57 Å². The summed E-state index contributed by atoms with van der Waals surface area (Å²) in [5, 5.41) is 3.38. The second-order valence-electron chi connectivity index (χ2n) is 9.32. The van der Waals surface area contributed by atoms with Gasteiger partial charge in [0.25, 0.3) is 0 Å². The lowest BCUT2D eigenvalue weighted by Crippen LogP contribution is -3.00. The standard InChI is InChI=1S/C28H44N2O2.2CH4.2HI/c1-7-8-9-10-11-12-15-18-30(6)19-20-32-28(31)27-24(5)29-23(4)22(3)26(27)25-17-14-13-16-21(25)2;;;;/h13-14,16-17,26,29H,7-12,15,18-20H2,1-6H3;2*1H4;2*1H/p-2. The number of esters is 1. The van der Waals surface area contributed by atoms with E-state index in [0.29, 0.717) is 6.61 Å². The van der Waals surface area contributed by atoms with Crippen molar-refractivity contribution in [2.45, 2.75) is 100 Å². The van der Waals surface area contributed by atoms with E-state index >= 15 is 0 Å². The highest BCUT2D eigenvalue weighted by molar-refractivity contribution is 5.92. The van der Waals surface area contributed by atoms with Crippen LogP contribution in [0.1, 0.15) is 105 Å². The number of carbonyl (C=O) groups excluding carboxylic acids is 1. The van der Waals surface area contributed by atoms with Gasteiger partial charge >= 0.3 is 5.97 Å². The number of unbranched alkanes of at least 4 members (excludes halogenated alkanes) is 6. The summed E-state index contributed by atoms with van der Waals surface area (Å²) in [6.45, 7) is 12.8. The molecule has 1 N–H and O–H groups in total. The first-order valence-electron chi connectivity index (χ1n) is 12.4. The molecule has 4 nitrogen and oxygen atoms in total. The molecule has 0 amide bonds. The van der Waals surface area contributed by atoms with E-state index in [1.807, 2.05) is 19.1 Å². The Hall–Kier alpha value is -0.610. The van der Waals surface area contributed by atoms with Crippen LogP contribution in [0.25, 0.3) is 0 Å². The molecule has 0 saturated heterocycles. The molecule has 2 rings (SSSR count). The Balaban J connectivity index is -0.00000272. The Morgan fingerprint density at radius 3 is 2.08 bits per heavy atom. The van der Waals surface area contributed by atoms with Gasteiger partial charge in [0, 0.05) is 23.9 Å². The molecule has 1 aliphatic rings. The molecule has 0 bridgehead atoms. The molecular weight excluding hydrogens is 674 g/mol. The molecule has 0 radical (unpaired) electrons. The monoisotopic (exact) mass is 726 g/mol. The van der Waals surface area contributed by atoms with Gasteiger partial charge in [0.2, 0.25) is 0 Å².